The summed E-state index contributed by atoms with van der Waals surface area (Å²) in [5, 5.41) is 0.479. The SMILES string of the molecule is Cl.NCCN1C(=O)c2cc(Cl)ccc2Oc2cccnc21. The van der Waals surface area contributed by atoms with E-state index in [1.54, 1.807) is 36.5 Å². The third kappa shape index (κ3) is 2.81. The molecule has 0 saturated carbocycles. The maximum Gasteiger partial charge on any atom is 0.263 e. The number of fused-ring (bicyclic) bond motifs is 2. The van der Waals surface area contributed by atoms with Crippen molar-refractivity contribution in [3.8, 4) is 11.5 Å². The molecule has 0 atom stereocenters. The molecule has 1 aromatic carbocycles. The van der Waals surface area contributed by atoms with Crippen LogP contribution in [0, 0.1) is 0 Å². The van der Waals surface area contributed by atoms with Crippen molar-refractivity contribution in [1.29, 1.82) is 0 Å². The summed E-state index contributed by atoms with van der Waals surface area (Å²) in [6, 6.07) is 8.48. The first-order valence-electron chi connectivity index (χ1n) is 6.15. The van der Waals surface area contributed by atoms with E-state index < -0.39 is 0 Å². The second-order valence-corrected chi connectivity index (χ2v) is 4.75. The van der Waals surface area contributed by atoms with Crippen molar-refractivity contribution in [1.82, 2.24) is 4.98 Å². The predicted octanol–water partition coefficient (Wildman–Crippen LogP) is 2.87. The Bertz CT molecular complexity index is 679. The number of rotatable bonds is 2. The van der Waals surface area contributed by atoms with Crippen LogP contribution in [0.5, 0.6) is 11.5 Å². The van der Waals surface area contributed by atoms with Crippen molar-refractivity contribution in [2.24, 2.45) is 5.73 Å². The largest absolute Gasteiger partial charge is 0.453 e. The van der Waals surface area contributed by atoms with E-state index in [4.69, 9.17) is 22.1 Å². The van der Waals surface area contributed by atoms with Crippen LogP contribution in [-0.4, -0.2) is 24.0 Å². The molecule has 1 aromatic heterocycles. The van der Waals surface area contributed by atoms with Crippen LogP contribution in [0.2, 0.25) is 5.02 Å². The lowest BCUT2D eigenvalue weighted by atomic mass is 10.2. The lowest BCUT2D eigenvalue weighted by Gasteiger charge is -2.19. The molecule has 0 aliphatic carbocycles. The van der Waals surface area contributed by atoms with E-state index in [2.05, 4.69) is 4.98 Å². The zero-order chi connectivity index (χ0) is 14.1. The van der Waals surface area contributed by atoms with Gasteiger partial charge >= 0.3 is 0 Å². The van der Waals surface area contributed by atoms with Crippen molar-refractivity contribution in [3.63, 3.8) is 0 Å². The lowest BCUT2D eigenvalue weighted by Crippen LogP contribution is -2.35. The fraction of sp³-hybridized carbons (Fsp3) is 0.143. The van der Waals surface area contributed by atoms with Gasteiger partial charge in [-0.1, -0.05) is 11.6 Å². The average molecular weight is 326 g/mol. The van der Waals surface area contributed by atoms with Gasteiger partial charge in [0.05, 0.1) is 5.56 Å². The van der Waals surface area contributed by atoms with Crippen molar-refractivity contribution in [3.05, 3.63) is 47.1 Å². The number of carbonyl (C=O) groups excluding carboxylic acids is 1. The highest BCUT2D eigenvalue weighted by molar-refractivity contribution is 6.31. The number of benzene rings is 1. The summed E-state index contributed by atoms with van der Waals surface area (Å²) >= 11 is 5.96. The number of anilines is 1. The molecule has 0 bridgehead atoms. The second-order valence-electron chi connectivity index (χ2n) is 4.31. The summed E-state index contributed by atoms with van der Waals surface area (Å²) in [5.74, 6) is 1.24. The molecular formula is C14H13Cl2N3O2. The Morgan fingerprint density at radius 3 is 2.86 bits per heavy atom. The third-order valence-electron chi connectivity index (χ3n) is 3.00. The van der Waals surface area contributed by atoms with Crippen LogP contribution >= 0.6 is 24.0 Å². The number of halogens is 2. The standard InChI is InChI=1S/C14H12ClN3O2.ClH/c15-9-3-4-11-10(8-9)14(19)18(7-5-16)13-12(20-11)2-1-6-17-13;/h1-4,6,8H,5,7,16H2;1H. The molecule has 1 amide bonds. The normalized spacial score (nSPS) is 12.7. The minimum absolute atomic E-state index is 0. The van der Waals surface area contributed by atoms with Crippen LogP contribution in [0.1, 0.15) is 10.4 Å². The molecule has 2 N–H and O–H groups in total. The summed E-state index contributed by atoms with van der Waals surface area (Å²) in [5.41, 5.74) is 6.00. The van der Waals surface area contributed by atoms with Crippen LogP contribution < -0.4 is 15.4 Å². The highest BCUT2D eigenvalue weighted by Crippen LogP contribution is 2.37. The van der Waals surface area contributed by atoms with E-state index in [9.17, 15) is 4.79 Å². The smallest absolute Gasteiger partial charge is 0.263 e. The minimum Gasteiger partial charge on any atom is -0.453 e. The Morgan fingerprint density at radius 2 is 2.10 bits per heavy atom. The molecule has 21 heavy (non-hydrogen) atoms. The molecule has 0 radical (unpaired) electrons. The molecule has 0 saturated heterocycles. The molecule has 0 fully saturated rings. The van der Waals surface area contributed by atoms with E-state index in [-0.39, 0.29) is 18.3 Å². The molecule has 2 aromatic rings. The first-order chi connectivity index (χ1) is 9.70. The Hall–Kier alpha value is -1.82. The summed E-state index contributed by atoms with van der Waals surface area (Å²) in [6.07, 6.45) is 1.61. The van der Waals surface area contributed by atoms with Crippen LogP contribution in [0.25, 0.3) is 0 Å². The van der Waals surface area contributed by atoms with Gasteiger partial charge in [0.15, 0.2) is 11.6 Å². The van der Waals surface area contributed by atoms with Gasteiger partial charge < -0.3 is 10.5 Å². The third-order valence-corrected chi connectivity index (χ3v) is 3.23. The summed E-state index contributed by atoms with van der Waals surface area (Å²) in [6.45, 7) is 0.690. The van der Waals surface area contributed by atoms with Gasteiger partial charge in [0.2, 0.25) is 0 Å². The minimum atomic E-state index is -0.217. The monoisotopic (exact) mass is 325 g/mol. The fourth-order valence-corrected chi connectivity index (χ4v) is 2.29. The Kier molecular flexibility index (Phi) is 4.67. The molecule has 1 aliphatic rings. The van der Waals surface area contributed by atoms with Gasteiger partial charge in [0.25, 0.3) is 5.91 Å². The summed E-state index contributed by atoms with van der Waals surface area (Å²) in [7, 11) is 0. The van der Waals surface area contributed by atoms with Gasteiger partial charge in [-0.25, -0.2) is 4.98 Å². The Balaban J connectivity index is 0.00000161. The Morgan fingerprint density at radius 1 is 1.29 bits per heavy atom. The number of ether oxygens (including phenoxy) is 1. The maximum absolute atomic E-state index is 12.6. The van der Waals surface area contributed by atoms with Gasteiger partial charge in [-0.3, -0.25) is 9.69 Å². The number of aromatic nitrogens is 1. The predicted molar refractivity (Wildman–Crippen MR) is 83.7 cm³/mol. The fourth-order valence-electron chi connectivity index (χ4n) is 2.12. The van der Waals surface area contributed by atoms with E-state index in [1.165, 1.54) is 4.90 Å². The molecule has 0 spiro atoms. The second kappa shape index (κ2) is 6.30. The molecular weight excluding hydrogens is 313 g/mol. The van der Waals surface area contributed by atoms with Gasteiger partial charge in [-0.05, 0) is 30.3 Å². The van der Waals surface area contributed by atoms with Gasteiger partial charge in [-0.2, -0.15) is 0 Å². The number of nitrogens with zero attached hydrogens (tertiary/aromatic N) is 2. The number of pyridine rings is 1. The summed E-state index contributed by atoms with van der Waals surface area (Å²) in [4.78, 5) is 18.4. The highest BCUT2D eigenvalue weighted by atomic mass is 35.5. The molecule has 3 rings (SSSR count). The van der Waals surface area contributed by atoms with Gasteiger partial charge in [-0.15, -0.1) is 12.4 Å². The van der Waals surface area contributed by atoms with Crippen molar-refractivity contribution in [2.45, 2.75) is 0 Å². The number of hydrogen-bond donors (Lipinski definition) is 1. The molecule has 5 nitrogen and oxygen atoms in total. The van der Waals surface area contributed by atoms with Crippen LogP contribution in [-0.2, 0) is 0 Å². The molecule has 0 unspecified atom stereocenters. The average Bonchev–Trinajstić information content (AvgIpc) is 2.57. The maximum atomic E-state index is 12.6. The summed E-state index contributed by atoms with van der Waals surface area (Å²) < 4.78 is 5.78. The molecule has 1 aliphatic heterocycles. The molecule has 110 valence electrons. The first kappa shape index (κ1) is 15.6. The van der Waals surface area contributed by atoms with Crippen LogP contribution in [0.15, 0.2) is 36.5 Å². The number of nitrogens with two attached hydrogens (primary N) is 1. The van der Waals surface area contributed by atoms with Crippen molar-refractivity contribution in [2.75, 3.05) is 18.0 Å². The van der Waals surface area contributed by atoms with Crippen LogP contribution in [0.4, 0.5) is 5.82 Å². The van der Waals surface area contributed by atoms with E-state index in [0.717, 1.165) is 0 Å². The van der Waals surface area contributed by atoms with E-state index >= 15 is 0 Å². The van der Waals surface area contributed by atoms with Gasteiger partial charge in [0.1, 0.15) is 5.75 Å². The number of carbonyl (C=O) groups is 1. The van der Waals surface area contributed by atoms with Crippen molar-refractivity contribution >= 4 is 35.7 Å². The number of amides is 1. The van der Waals surface area contributed by atoms with E-state index in [0.29, 0.717) is 41.0 Å². The van der Waals surface area contributed by atoms with Crippen LogP contribution in [0.3, 0.4) is 0 Å². The molecule has 2 heterocycles. The Labute approximate surface area is 133 Å². The number of hydrogen-bond acceptors (Lipinski definition) is 4. The zero-order valence-corrected chi connectivity index (χ0v) is 12.5. The molecule has 7 heteroatoms. The quantitative estimate of drug-likeness (QED) is 0.921. The zero-order valence-electron chi connectivity index (χ0n) is 11.0. The van der Waals surface area contributed by atoms with Gasteiger partial charge in [0, 0.05) is 24.3 Å². The first-order valence-corrected chi connectivity index (χ1v) is 6.53. The van der Waals surface area contributed by atoms with Crippen molar-refractivity contribution < 1.29 is 9.53 Å². The van der Waals surface area contributed by atoms with E-state index in [1.807, 2.05) is 0 Å². The lowest BCUT2D eigenvalue weighted by molar-refractivity contribution is 0.0987. The highest BCUT2D eigenvalue weighted by Gasteiger charge is 2.28. The topological polar surface area (TPSA) is 68.5 Å².